The lowest BCUT2D eigenvalue weighted by Gasteiger charge is -2.08. The minimum atomic E-state index is 0.0152. The molecule has 0 aromatic carbocycles. The molecule has 0 aromatic rings. The molecule has 1 heterocycles. The number of aliphatic hydroxyl groups is 1. The molecule has 0 spiro atoms. The summed E-state index contributed by atoms with van der Waals surface area (Å²) in [7, 11) is 3.72. The van der Waals surface area contributed by atoms with Crippen LogP contribution in [0.15, 0.2) is 16.4 Å². The Hall–Kier alpha value is -0.670. The monoisotopic (exact) mass is 126 g/mol. The van der Waals surface area contributed by atoms with Crippen LogP contribution in [0.4, 0.5) is 0 Å². The molecule has 0 radical (unpaired) electrons. The zero-order valence-corrected chi connectivity index (χ0v) is 5.39. The predicted octanol–water partition coefficient (Wildman–Crippen LogP) is -1.07. The number of quaternary nitrogens is 1. The molecule has 1 atom stereocenters. The molecule has 9 heavy (non-hydrogen) atoms. The molecule has 1 aliphatic heterocycles. The lowest BCUT2D eigenvalue weighted by molar-refractivity contribution is -0.696. The van der Waals surface area contributed by atoms with E-state index in [0.29, 0.717) is 0 Å². The van der Waals surface area contributed by atoms with Gasteiger partial charge in [0.2, 0.25) is 0 Å². The van der Waals surface area contributed by atoms with Crippen molar-refractivity contribution in [3.8, 4) is 0 Å². The molecule has 3 nitrogen and oxygen atoms in total. The maximum Gasteiger partial charge on any atom is 0.166 e. The highest BCUT2D eigenvalue weighted by Crippen LogP contribution is 2.00. The van der Waals surface area contributed by atoms with E-state index in [0.717, 1.165) is 16.3 Å². The van der Waals surface area contributed by atoms with Crippen LogP contribution in [0, 0.1) is 7.05 Å². The van der Waals surface area contributed by atoms with Gasteiger partial charge in [-0.05, 0) is 0 Å². The van der Waals surface area contributed by atoms with Crippen molar-refractivity contribution in [3.05, 3.63) is 18.4 Å². The second-order valence-corrected chi connectivity index (χ2v) is 2.01. The van der Waals surface area contributed by atoms with E-state index >= 15 is 0 Å². The summed E-state index contributed by atoms with van der Waals surface area (Å²) in [5.74, 6) is 0. The molecule has 1 rings (SSSR count). The Morgan fingerprint density at radius 2 is 2.56 bits per heavy atom. The van der Waals surface area contributed by atoms with Gasteiger partial charge in [-0.25, -0.2) is 4.99 Å². The fraction of sp³-hybridized carbons (Fsp3) is 0.333. The van der Waals surface area contributed by atoms with Crippen molar-refractivity contribution in [3.63, 3.8) is 0 Å². The fourth-order valence-electron chi connectivity index (χ4n) is 0.694. The van der Waals surface area contributed by atoms with Crippen molar-refractivity contribution in [2.24, 2.45) is 4.99 Å². The van der Waals surface area contributed by atoms with Gasteiger partial charge in [0.05, 0.1) is 6.61 Å². The first-order valence-electron chi connectivity index (χ1n) is 2.79. The smallest absolute Gasteiger partial charge is 0.166 e. The highest BCUT2D eigenvalue weighted by atomic mass is 16.3. The molecule has 0 bridgehead atoms. The van der Waals surface area contributed by atoms with Crippen LogP contribution in [0.25, 0.3) is 0 Å². The Kier molecular flexibility index (Phi) is 1.64. The SMILES string of the molecule is [CH2-][NH+]1C=NC(CO)=C1C. The maximum atomic E-state index is 8.64. The molecule has 0 saturated carbocycles. The van der Waals surface area contributed by atoms with Gasteiger partial charge in [0.1, 0.15) is 11.4 Å². The Labute approximate surface area is 54.3 Å². The van der Waals surface area contributed by atoms with Crippen LogP contribution in [-0.4, -0.2) is 18.1 Å². The molecular formula is C6H10N2O. The van der Waals surface area contributed by atoms with Gasteiger partial charge in [-0.15, -0.1) is 7.05 Å². The normalized spacial score (nSPS) is 25.9. The highest BCUT2D eigenvalue weighted by Gasteiger charge is 2.10. The molecule has 50 valence electrons. The van der Waals surface area contributed by atoms with Gasteiger partial charge in [0, 0.05) is 6.92 Å². The number of aliphatic imine (C=N–C) groups is 1. The van der Waals surface area contributed by atoms with Gasteiger partial charge in [-0.3, -0.25) is 0 Å². The van der Waals surface area contributed by atoms with Gasteiger partial charge in [-0.1, -0.05) is 0 Å². The standard InChI is InChI=1S/C6H10N2O/c1-5-6(3-9)7-4-8(5)2/h4,8-9H,2-3H2,1H3. The van der Waals surface area contributed by atoms with E-state index in [1.807, 2.05) is 6.92 Å². The van der Waals surface area contributed by atoms with E-state index in [4.69, 9.17) is 5.11 Å². The topological polar surface area (TPSA) is 37.0 Å². The van der Waals surface area contributed by atoms with E-state index in [2.05, 4.69) is 12.0 Å². The third-order valence-corrected chi connectivity index (χ3v) is 1.44. The summed E-state index contributed by atoms with van der Waals surface area (Å²) in [5, 5.41) is 8.64. The predicted molar refractivity (Wildman–Crippen MR) is 34.6 cm³/mol. The Morgan fingerprint density at radius 1 is 1.89 bits per heavy atom. The van der Waals surface area contributed by atoms with Crippen molar-refractivity contribution in [1.29, 1.82) is 0 Å². The van der Waals surface area contributed by atoms with Gasteiger partial charge < -0.3 is 10.0 Å². The summed E-state index contributed by atoms with van der Waals surface area (Å²) in [6.45, 7) is 1.92. The van der Waals surface area contributed by atoms with Crippen LogP contribution >= 0.6 is 0 Å². The Balaban J connectivity index is 2.79. The zero-order valence-electron chi connectivity index (χ0n) is 5.39. The van der Waals surface area contributed by atoms with Gasteiger partial charge in [0.15, 0.2) is 6.34 Å². The molecule has 0 aliphatic carbocycles. The van der Waals surface area contributed by atoms with E-state index in [1.165, 1.54) is 0 Å². The lowest BCUT2D eigenvalue weighted by atomic mass is 10.4. The fourth-order valence-corrected chi connectivity index (χ4v) is 0.694. The van der Waals surface area contributed by atoms with Crippen LogP contribution in [-0.2, 0) is 0 Å². The summed E-state index contributed by atoms with van der Waals surface area (Å²) >= 11 is 0. The van der Waals surface area contributed by atoms with Gasteiger partial charge >= 0.3 is 0 Å². The Morgan fingerprint density at radius 3 is 2.78 bits per heavy atom. The second kappa shape index (κ2) is 2.29. The van der Waals surface area contributed by atoms with Crippen molar-refractivity contribution in [2.75, 3.05) is 6.61 Å². The summed E-state index contributed by atoms with van der Waals surface area (Å²) in [5.41, 5.74) is 1.73. The first kappa shape index (κ1) is 6.45. The number of hydrogen-bond donors (Lipinski definition) is 2. The number of nitrogens with one attached hydrogen (secondary N) is 1. The summed E-state index contributed by atoms with van der Waals surface area (Å²) in [6, 6.07) is 0. The van der Waals surface area contributed by atoms with Crippen LogP contribution in [0.5, 0.6) is 0 Å². The number of allylic oxidation sites excluding steroid dienone is 1. The molecular weight excluding hydrogens is 116 g/mol. The molecule has 3 heteroatoms. The van der Waals surface area contributed by atoms with Crippen molar-refractivity contribution in [1.82, 2.24) is 0 Å². The van der Waals surface area contributed by atoms with Gasteiger partial charge in [0.25, 0.3) is 0 Å². The minimum absolute atomic E-state index is 0.0152. The second-order valence-electron chi connectivity index (χ2n) is 2.01. The maximum absolute atomic E-state index is 8.64. The summed E-state index contributed by atoms with van der Waals surface area (Å²) in [4.78, 5) is 4.82. The average Bonchev–Trinajstić information content (AvgIpc) is 2.15. The van der Waals surface area contributed by atoms with Crippen LogP contribution in [0.1, 0.15) is 6.92 Å². The van der Waals surface area contributed by atoms with Crippen LogP contribution < -0.4 is 4.90 Å². The first-order valence-corrected chi connectivity index (χ1v) is 2.79. The zero-order chi connectivity index (χ0) is 6.85. The summed E-state index contributed by atoms with van der Waals surface area (Å²) < 4.78 is 0. The largest absolute Gasteiger partial charge is 0.394 e. The van der Waals surface area contributed by atoms with Crippen molar-refractivity contribution >= 4 is 6.34 Å². The van der Waals surface area contributed by atoms with Crippen molar-refractivity contribution in [2.45, 2.75) is 6.92 Å². The number of nitrogens with zero attached hydrogens (tertiary/aromatic N) is 1. The Bertz CT molecular complexity index is 172. The van der Waals surface area contributed by atoms with Gasteiger partial charge in [-0.2, -0.15) is 0 Å². The molecule has 1 unspecified atom stereocenters. The molecule has 1 aliphatic rings. The minimum Gasteiger partial charge on any atom is -0.394 e. The number of rotatable bonds is 1. The quantitative estimate of drug-likeness (QED) is 0.431. The van der Waals surface area contributed by atoms with Crippen LogP contribution in [0.3, 0.4) is 0 Å². The number of aliphatic hydroxyl groups excluding tert-OH is 1. The lowest BCUT2D eigenvalue weighted by Crippen LogP contribution is -3.02. The molecule has 0 saturated heterocycles. The third-order valence-electron chi connectivity index (χ3n) is 1.44. The third kappa shape index (κ3) is 1.01. The van der Waals surface area contributed by atoms with E-state index in [-0.39, 0.29) is 6.61 Å². The highest BCUT2D eigenvalue weighted by molar-refractivity contribution is 5.51. The molecule has 0 amide bonds. The average molecular weight is 126 g/mol. The van der Waals surface area contributed by atoms with Crippen molar-refractivity contribution < 1.29 is 10.0 Å². The van der Waals surface area contributed by atoms with Crippen LogP contribution in [0.2, 0.25) is 0 Å². The molecule has 0 fully saturated rings. The van der Waals surface area contributed by atoms with E-state index in [1.54, 1.807) is 6.34 Å². The number of hydrogen-bond acceptors (Lipinski definition) is 2. The molecule has 0 aromatic heterocycles. The first-order chi connectivity index (χ1) is 4.25. The molecule has 2 N–H and O–H groups in total. The summed E-state index contributed by atoms with van der Waals surface area (Å²) in [6.07, 6.45) is 1.67. The van der Waals surface area contributed by atoms with E-state index in [9.17, 15) is 0 Å². The van der Waals surface area contributed by atoms with E-state index < -0.39 is 0 Å².